The smallest absolute Gasteiger partial charge is 0.274 e. The van der Waals surface area contributed by atoms with Crippen molar-refractivity contribution in [1.29, 1.82) is 0 Å². The van der Waals surface area contributed by atoms with Gasteiger partial charge >= 0.3 is 0 Å². The molecule has 2 aromatic carbocycles. The molecule has 0 spiro atoms. The van der Waals surface area contributed by atoms with Gasteiger partial charge in [0.15, 0.2) is 0 Å². The highest BCUT2D eigenvalue weighted by molar-refractivity contribution is 6.30. The van der Waals surface area contributed by atoms with Crippen LogP contribution in [0.1, 0.15) is 23.0 Å². The van der Waals surface area contributed by atoms with Gasteiger partial charge in [-0.1, -0.05) is 17.7 Å². The van der Waals surface area contributed by atoms with Crippen LogP contribution in [0, 0.1) is 6.92 Å². The Hall–Kier alpha value is -3.38. The molecule has 0 saturated carbocycles. The van der Waals surface area contributed by atoms with E-state index in [1.807, 2.05) is 25.1 Å². The second-order valence-corrected chi connectivity index (χ2v) is 6.66. The molecule has 0 aliphatic carbocycles. The Kier molecular flexibility index (Phi) is 5.91. The number of hydrogen-bond donors (Lipinski definition) is 3. The van der Waals surface area contributed by atoms with Gasteiger partial charge in [-0.3, -0.25) is 14.6 Å². The normalized spacial score (nSPS) is 10.2. The molecule has 0 atom stereocenters. The molecule has 3 rings (SSSR count). The number of rotatable bonds is 5. The van der Waals surface area contributed by atoms with E-state index in [9.17, 15) is 9.59 Å². The zero-order valence-electron chi connectivity index (χ0n) is 15.4. The quantitative estimate of drug-likeness (QED) is 0.568. The van der Waals surface area contributed by atoms with Crippen LogP contribution in [0.2, 0.25) is 5.02 Å². The van der Waals surface area contributed by atoms with Crippen molar-refractivity contribution >= 4 is 46.2 Å². The Balaban J connectivity index is 1.71. The van der Waals surface area contributed by atoms with Gasteiger partial charge in [-0.05, 0) is 61.0 Å². The van der Waals surface area contributed by atoms with Crippen LogP contribution >= 0.6 is 11.6 Å². The number of amides is 2. The molecular formula is C21H19ClN4O2. The van der Waals surface area contributed by atoms with E-state index >= 15 is 0 Å². The Morgan fingerprint density at radius 1 is 0.893 bits per heavy atom. The van der Waals surface area contributed by atoms with Crippen LogP contribution in [0.15, 0.2) is 60.8 Å². The third kappa shape index (κ3) is 5.08. The molecule has 0 radical (unpaired) electrons. The number of nitrogens with one attached hydrogen (secondary N) is 3. The number of benzene rings is 2. The number of anilines is 4. The molecule has 0 aliphatic heterocycles. The first-order chi connectivity index (χ1) is 13.4. The summed E-state index contributed by atoms with van der Waals surface area (Å²) in [6.07, 6.45) is 1.57. The van der Waals surface area contributed by atoms with Crippen molar-refractivity contribution in [2.24, 2.45) is 0 Å². The van der Waals surface area contributed by atoms with E-state index in [2.05, 4.69) is 20.9 Å². The number of pyridine rings is 1. The fraction of sp³-hybridized carbons (Fsp3) is 0.0952. The molecule has 2 amide bonds. The minimum atomic E-state index is -0.334. The average molecular weight is 395 g/mol. The zero-order valence-corrected chi connectivity index (χ0v) is 16.2. The fourth-order valence-corrected chi connectivity index (χ4v) is 2.72. The second-order valence-electron chi connectivity index (χ2n) is 6.23. The highest BCUT2D eigenvalue weighted by atomic mass is 35.5. The summed E-state index contributed by atoms with van der Waals surface area (Å²) in [6, 6.07) is 15.9. The van der Waals surface area contributed by atoms with E-state index in [0.29, 0.717) is 16.4 Å². The maximum absolute atomic E-state index is 12.5. The van der Waals surface area contributed by atoms with Crippen LogP contribution in [0.4, 0.5) is 22.7 Å². The molecule has 0 aliphatic rings. The van der Waals surface area contributed by atoms with Gasteiger partial charge in [0.2, 0.25) is 5.91 Å². The van der Waals surface area contributed by atoms with E-state index in [1.165, 1.54) is 6.92 Å². The van der Waals surface area contributed by atoms with E-state index in [1.54, 1.807) is 42.6 Å². The van der Waals surface area contributed by atoms with Crippen molar-refractivity contribution in [3.63, 3.8) is 0 Å². The first-order valence-electron chi connectivity index (χ1n) is 8.59. The first kappa shape index (κ1) is 19.4. The SMILES string of the molecule is CC(=O)Nc1ccc(NC(=O)c2cc(Nc3cc(Cl)ccc3C)ccn2)cc1. The number of aromatic nitrogens is 1. The lowest BCUT2D eigenvalue weighted by atomic mass is 10.2. The maximum atomic E-state index is 12.5. The van der Waals surface area contributed by atoms with Crippen molar-refractivity contribution in [3.05, 3.63) is 77.1 Å². The van der Waals surface area contributed by atoms with Gasteiger partial charge in [-0.2, -0.15) is 0 Å². The molecule has 3 N–H and O–H groups in total. The molecule has 0 bridgehead atoms. The predicted octanol–water partition coefficient (Wildman–Crippen LogP) is 5.00. The van der Waals surface area contributed by atoms with Crippen molar-refractivity contribution in [2.45, 2.75) is 13.8 Å². The van der Waals surface area contributed by atoms with Gasteiger partial charge < -0.3 is 16.0 Å². The Morgan fingerprint density at radius 3 is 2.25 bits per heavy atom. The van der Waals surface area contributed by atoms with Crippen LogP contribution in [0.25, 0.3) is 0 Å². The van der Waals surface area contributed by atoms with Gasteiger partial charge in [0.1, 0.15) is 5.69 Å². The predicted molar refractivity (Wildman–Crippen MR) is 112 cm³/mol. The molecule has 1 heterocycles. The zero-order chi connectivity index (χ0) is 20.1. The Bertz CT molecular complexity index is 1020. The lowest BCUT2D eigenvalue weighted by Crippen LogP contribution is -2.14. The maximum Gasteiger partial charge on any atom is 0.274 e. The number of carbonyl (C=O) groups excluding carboxylic acids is 2. The van der Waals surface area contributed by atoms with Crippen LogP contribution in [0.5, 0.6) is 0 Å². The van der Waals surface area contributed by atoms with Crippen molar-refractivity contribution in [3.8, 4) is 0 Å². The van der Waals surface area contributed by atoms with Crippen LogP contribution in [-0.4, -0.2) is 16.8 Å². The molecular weight excluding hydrogens is 376 g/mol. The third-order valence-electron chi connectivity index (χ3n) is 3.93. The summed E-state index contributed by atoms with van der Waals surface area (Å²) in [5.74, 6) is -0.487. The van der Waals surface area contributed by atoms with Crippen molar-refractivity contribution < 1.29 is 9.59 Å². The van der Waals surface area contributed by atoms with Crippen molar-refractivity contribution in [2.75, 3.05) is 16.0 Å². The molecule has 3 aromatic rings. The highest BCUT2D eigenvalue weighted by Gasteiger charge is 2.10. The Morgan fingerprint density at radius 2 is 1.57 bits per heavy atom. The Labute approximate surface area is 168 Å². The fourth-order valence-electron chi connectivity index (χ4n) is 2.55. The summed E-state index contributed by atoms with van der Waals surface area (Å²) < 4.78 is 0. The van der Waals surface area contributed by atoms with E-state index in [-0.39, 0.29) is 17.5 Å². The largest absolute Gasteiger partial charge is 0.355 e. The minimum Gasteiger partial charge on any atom is -0.355 e. The lowest BCUT2D eigenvalue weighted by molar-refractivity contribution is -0.114. The van der Waals surface area contributed by atoms with Crippen LogP contribution in [-0.2, 0) is 4.79 Å². The first-order valence-corrected chi connectivity index (χ1v) is 8.97. The minimum absolute atomic E-state index is 0.153. The molecule has 1 aromatic heterocycles. The van der Waals surface area contributed by atoms with E-state index in [0.717, 1.165) is 16.9 Å². The summed E-state index contributed by atoms with van der Waals surface area (Å²) in [4.78, 5) is 27.7. The number of aryl methyl sites for hydroxylation is 1. The van der Waals surface area contributed by atoms with Crippen LogP contribution in [0.3, 0.4) is 0 Å². The van der Waals surface area contributed by atoms with E-state index < -0.39 is 0 Å². The van der Waals surface area contributed by atoms with Gasteiger partial charge in [-0.15, -0.1) is 0 Å². The summed E-state index contributed by atoms with van der Waals surface area (Å²) >= 11 is 6.05. The average Bonchev–Trinajstić information content (AvgIpc) is 2.66. The topological polar surface area (TPSA) is 83.1 Å². The monoisotopic (exact) mass is 394 g/mol. The van der Waals surface area contributed by atoms with Gasteiger partial charge in [-0.25, -0.2) is 0 Å². The second kappa shape index (κ2) is 8.54. The van der Waals surface area contributed by atoms with Gasteiger partial charge in [0.25, 0.3) is 5.91 Å². The van der Waals surface area contributed by atoms with Gasteiger partial charge in [0, 0.05) is 40.9 Å². The molecule has 28 heavy (non-hydrogen) atoms. The summed E-state index contributed by atoms with van der Waals surface area (Å²) in [7, 11) is 0. The molecule has 0 saturated heterocycles. The number of hydrogen-bond acceptors (Lipinski definition) is 4. The standard InChI is InChI=1S/C21H19ClN4O2/c1-13-3-4-15(22)11-19(13)25-18-9-10-23-20(12-18)21(28)26-17-7-5-16(6-8-17)24-14(2)27/h3-12H,1-2H3,(H,23,25)(H,24,27)(H,26,28). The number of carbonyl (C=O) groups is 2. The number of nitrogens with zero attached hydrogens (tertiary/aromatic N) is 1. The lowest BCUT2D eigenvalue weighted by Gasteiger charge is -2.11. The molecule has 142 valence electrons. The van der Waals surface area contributed by atoms with Crippen molar-refractivity contribution in [1.82, 2.24) is 4.98 Å². The molecule has 6 nitrogen and oxygen atoms in total. The van der Waals surface area contributed by atoms with Crippen LogP contribution < -0.4 is 16.0 Å². The third-order valence-corrected chi connectivity index (χ3v) is 4.17. The molecule has 7 heteroatoms. The highest BCUT2D eigenvalue weighted by Crippen LogP contribution is 2.24. The summed E-state index contributed by atoms with van der Waals surface area (Å²) in [5, 5.41) is 9.34. The molecule has 0 fully saturated rings. The van der Waals surface area contributed by atoms with E-state index in [4.69, 9.17) is 11.6 Å². The van der Waals surface area contributed by atoms with Gasteiger partial charge in [0.05, 0.1) is 0 Å². The summed E-state index contributed by atoms with van der Waals surface area (Å²) in [6.45, 7) is 3.41. The summed E-state index contributed by atoms with van der Waals surface area (Å²) in [5.41, 5.74) is 4.16. The number of halogens is 1. The molecule has 0 unspecified atom stereocenters.